The second-order valence-corrected chi connectivity index (χ2v) is 8.30. The highest BCUT2D eigenvalue weighted by atomic mass is 35.5. The highest BCUT2D eigenvalue weighted by Crippen LogP contribution is 2.30. The third kappa shape index (κ3) is 5.11. The monoisotopic (exact) mass is 461 g/mol. The number of sulfonamides is 1. The number of ether oxygens (including phenoxy) is 1. The van der Waals surface area contributed by atoms with Crippen LogP contribution in [-0.2, 0) is 10.0 Å². The predicted molar refractivity (Wildman–Crippen MR) is 116 cm³/mol. The van der Waals surface area contributed by atoms with Gasteiger partial charge in [0.25, 0.3) is 21.6 Å². The predicted octanol–water partition coefficient (Wildman–Crippen LogP) is 4.31. The topological polar surface area (TPSA) is 128 Å². The number of rotatable bonds is 7. The fourth-order valence-electron chi connectivity index (χ4n) is 2.67. The second kappa shape index (κ2) is 9.02. The van der Waals surface area contributed by atoms with Crippen molar-refractivity contribution in [3.63, 3.8) is 0 Å². The Balaban J connectivity index is 1.89. The zero-order chi connectivity index (χ0) is 22.6. The third-order valence-electron chi connectivity index (χ3n) is 4.16. The van der Waals surface area contributed by atoms with E-state index in [1.54, 1.807) is 18.2 Å². The van der Waals surface area contributed by atoms with Crippen molar-refractivity contribution in [3.05, 3.63) is 87.4 Å². The summed E-state index contributed by atoms with van der Waals surface area (Å²) >= 11 is 6.12. The van der Waals surface area contributed by atoms with Gasteiger partial charge in [-0.3, -0.25) is 19.6 Å². The normalized spacial score (nSPS) is 10.9. The van der Waals surface area contributed by atoms with Crippen molar-refractivity contribution in [1.82, 2.24) is 0 Å². The van der Waals surface area contributed by atoms with Gasteiger partial charge in [-0.05, 0) is 36.4 Å². The maximum atomic E-state index is 12.8. The van der Waals surface area contributed by atoms with Crippen molar-refractivity contribution in [1.29, 1.82) is 0 Å². The summed E-state index contributed by atoms with van der Waals surface area (Å²) in [5, 5.41) is 13.6. The van der Waals surface area contributed by atoms with Gasteiger partial charge in [0, 0.05) is 17.8 Å². The van der Waals surface area contributed by atoms with Gasteiger partial charge in [-0.2, -0.15) is 0 Å². The summed E-state index contributed by atoms with van der Waals surface area (Å²) in [5.41, 5.74) is -0.104. The number of nitrogens with one attached hydrogen (secondary N) is 2. The summed E-state index contributed by atoms with van der Waals surface area (Å²) in [7, 11) is -2.52. The standard InChI is InChI=1S/C20H16ClN3O6S/c1-30-19-10-8-14(24(26)27)12-18(19)22-20(25)16-11-13(7-9-17(16)21)23-31(28,29)15-5-3-2-4-6-15/h2-12,23H,1H3,(H,22,25). The largest absolute Gasteiger partial charge is 0.495 e. The molecule has 0 aliphatic carbocycles. The first-order valence-corrected chi connectivity index (χ1v) is 10.6. The number of methoxy groups -OCH3 is 1. The van der Waals surface area contributed by atoms with Crippen LogP contribution in [-0.4, -0.2) is 26.4 Å². The maximum Gasteiger partial charge on any atom is 0.271 e. The van der Waals surface area contributed by atoms with E-state index in [9.17, 15) is 23.3 Å². The van der Waals surface area contributed by atoms with Gasteiger partial charge in [-0.15, -0.1) is 0 Å². The van der Waals surface area contributed by atoms with Gasteiger partial charge < -0.3 is 10.1 Å². The summed E-state index contributed by atoms with van der Waals surface area (Å²) in [6.07, 6.45) is 0. The molecular formula is C20H16ClN3O6S. The number of anilines is 2. The summed E-state index contributed by atoms with van der Waals surface area (Å²) in [6, 6.07) is 15.5. The van der Waals surface area contributed by atoms with Crippen LogP contribution in [0.2, 0.25) is 5.02 Å². The van der Waals surface area contributed by atoms with Crippen molar-refractivity contribution in [3.8, 4) is 5.75 Å². The molecule has 0 saturated heterocycles. The molecule has 9 nitrogen and oxygen atoms in total. The summed E-state index contributed by atoms with van der Waals surface area (Å²) < 4.78 is 32.5. The van der Waals surface area contributed by atoms with Crippen LogP contribution >= 0.6 is 11.6 Å². The van der Waals surface area contributed by atoms with Crippen LogP contribution in [0.5, 0.6) is 5.75 Å². The fourth-order valence-corrected chi connectivity index (χ4v) is 3.95. The van der Waals surface area contributed by atoms with Gasteiger partial charge >= 0.3 is 0 Å². The molecule has 2 N–H and O–H groups in total. The number of nitrogens with zero attached hydrogens (tertiary/aromatic N) is 1. The van der Waals surface area contributed by atoms with Crippen molar-refractivity contribution in [2.24, 2.45) is 0 Å². The van der Waals surface area contributed by atoms with E-state index in [1.165, 1.54) is 49.6 Å². The third-order valence-corrected chi connectivity index (χ3v) is 5.89. The Labute approximate surface area is 182 Å². The minimum atomic E-state index is -3.87. The number of amides is 1. The Morgan fingerprint density at radius 3 is 2.42 bits per heavy atom. The summed E-state index contributed by atoms with van der Waals surface area (Å²) in [4.78, 5) is 23.2. The molecule has 0 bridgehead atoms. The summed E-state index contributed by atoms with van der Waals surface area (Å²) in [5.74, 6) is -0.499. The lowest BCUT2D eigenvalue weighted by Crippen LogP contribution is -2.16. The van der Waals surface area contributed by atoms with E-state index in [4.69, 9.17) is 16.3 Å². The highest BCUT2D eigenvalue weighted by molar-refractivity contribution is 7.92. The molecule has 3 rings (SSSR count). The van der Waals surface area contributed by atoms with Crippen LogP contribution < -0.4 is 14.8 Å². The number of hydrogen-bond donors (Lipinski definition) is 2. The van der Waals surface area contributed by atoms with E-state index in [-0.39, 0.29) is 38.3 Å². The number of nitro benzene ring substituents is 1. The summed E-state index contributed by atoms with van der Waals surface area (Å²) in [6.45, 7) is 0. The molecule has 0 aliphatic heterocycles. The zero-order valence-corrected chi connectivity index (χ0v) is 17.6. The molecule has 1 amide bonds. The van der Waals surface area contributed by atoms with Crippen LogP contribution in [0.3, 0.4) is 0 Å². The minimum Gasteiger partial charge on any atom is -0.495 e. The average molecular weight is 462 g/mol. The lowest BCUT2D eigenvalue weighted by atomic mass is 10.1. The van der Waals surface area contributed by atoms with E-state index >= 15 is 0 Å². The molecule has 0 unspecified atom stereocenters. The molecule has 0 saturated carbocycles. The molecule has 0 spiro atoms. The Hall–Kier alpha value is -3.63. The van der Waals surface area contributed by atoms with Crippen molar-refractivity contribution in [2.75, 3.05) is 17.1 Å². The Bertz CT molecular complexity index is 1250. The van der Waals surface area contributed by atoms with Gasteiger partial charge in [-0.25, -0.2) is 8.42 Å². The smallest absolute Gasteiger partial charge is 0.271 e. The number of benzene rings is 3. The quantitative estimate of drug-likeness (QED) is 0.398. The fraction of sp³-hybridized carbons (Fsp3) is 0.0500. The number of non-ortho nitro benzene ring substituents is 1. The number of carbonyl (C=O) groups is 1. The van der Waals surface area contributed by atoms with Crippen molar-refractivity contribution < 1.29 is 22.9 Å². The van der Waals surface area contributed by atoms with Gasteiger partial charge in [-0.1, -0.05) is 29.8 Å². The SMILES string of the molecule is COc1ccc([N+](=O)[O-])cc1NC(=O)c1cc(NS(=O)(=O)c2ccccc2)ccc1Cl. The van der Waals surface area contributed by atoms with Crippen LogP contribution in [0.25, 0.3) is 0 Å². The van der Waals surface area contributed by atoms with E-state index in [1.807, 2.05) is 0 Å². The maximum absolute atomic E-state index is 12.8. The first-order chi connectivity index (χ1) is 14.7. The molecule has 0 atom stereocenters. The first kappa shape index (κ1) is 22.1. The van der Waals surface area contributed by atoms with Crippen molar-refractivity contribution in [2.45, 2.75) is 4.90 Å². The van der Waals surface area contributed by atoms with E-state index < -0.39 is 20.9 Å². The molecule has 3 aromatic rings. The van der Waals surface area contributed by atoms with Crippen LogP contribution in [0, 0.1) is 10.1 Å². The molecule has 3 aromatic carbocycles. The second-order valence-electron chi connectivity index (χ2n) is 6.21. The Morgan fingerprint density at radius 2 is 1.77 bits per heavy atom. The number of nitro groups is 1. The lowest BCUT2D eigenvalue weighted by Gasteiger charge is -2.13. The molecule has 31 heavy (non-hydrogen) atoms. The van der Waals surface area contributed by atoms with Crippen LogP contribution in [0.15, 0.2) is 71.6 Å². The minimum absolute atomic E-state index is 0.0384. The van der Waals surface area contributed by atoms with Crippen molar-refractivity contribution >= 4 is 44.6 Å². The number of carbonyl (C=O) groups excluding carboxylic acids is 1. The van der Waals surface area contributed by atoms with E-state index in [2.05, 4.69) is 10.0 Å². The van der Waals surface area contributed by atoms with Crippen LogP contribution in [0.1, 0.15) is 10.4 Å². The van der Waals surface area contributed by atoms with Gasteiger partial charge in [0.15, 0.2) is 0 Å². The molecule has 0 heterocycles. The van der Waals surface area contributed by atoms with Crippen LogP contribution in [0.4, 0.5) is 17.1 Å². The molecule has 0 fully saturated rings. The Kier molecular flexibility index (Phi) is 6.42. The lowest BCUT2D eigenvalue weighted by molar-refractivity contribution is -0.384. The van der Waals surface area contributed by atoms with Gasteiger partial charge in [0.05, 0.1) is 33.2 Å². The highest BCUT2D eigenvalue weighted by Gasteiger charge is 2.19. The van der Waals surface area contributed by atoms with E-state index in [0.29, 0.717) is 0 Å². The zero-order valence-electron chi connectivity index (χ0n) is 16.0. The molecule has 0 radical (unpaired) electrons. The molecular weight excluding hydrogens is 446 g/mol. The number of hydrogen-bond acceptors (Lipinski definition) is 6. The van der Waals surface area contributed by atoms with Gasteiger partial charge in [0.2, 0.25) is 0 Å². The Morgan fingerprint density at radius 1 is 1.06 bits per heavy atom. The number of halogens is 1. The molecule has 11 heteroatoms. The molecule has 160 valence electrons. The van der Waals surface area contributed by atoms with E-state index in [0.717, 1.165) is 6.07 Å². The first-order valence-electron chi connectivity index (χ1n) is 8.72. The molecule has 0 aliphatic rings. The van der Waals surface area contributed by atoms with Gasteiger partial charge in [0.1, 0.15) is 5.75 Å². The average Bonchev–Trinajstić information content (AvgIpc) is 2.75. The molecule has 0 aromatic heterocycles.